The highest BCUT2D eigenvalue weighted by molar-refractivity contribution is 6.31. The zero-order chi connectivity index (χ0) is 20.0. The molecule has 0 radical (unpaired) electrons. The van der Waals surface area contributed by atoms with Gasteiger partial charge in [0.05, 0.1) is 16.3 Å². The summed E-state index contributed by atoms with van der Waals surface area (Å²) in [6.45, 7) is -0.132. The molecule has 0 saturated carbocycles. The van der Waals surface area contributed by atoms with Gasteiger partial charge in [-0.05, 0) is 35.9 Å². The molecule has 2 aromatic carbocycles. The molecule has 2 aromatic rings. The van der Waals surface area contributed by atoms with E-state index in [0.29, 0.717) is 11.3 Å². The van der Waals surface area contributed by atoms with Gasteiger partial charge in [0, 0.05) is 5.69 Å². The van der Waals surface area contributed by atoms with Crippen LogP contribution >= 0.6 is 11.6 Å². The summed E-state index contributed by atoms with van der Waals surface area (Å²) in [6.07, 6.45) is -4.38. The van der Waals surface area contributed by atoms with Crippen LogP contribution in [0.4, 0.5) is 29.3 Å². The van der Waals surface area contributed by atoms with Crippen LogP contribution in [0.1, 0.15) is 11.1 Å². The van der Waals surface area contributed by atoms with Gasteiger partial charge in [0.1, 0.15) is 12.9 Å². The summed E-state index contributed by atoms with van der Waals surface area (Å²) in [7, 11) is 0. The summed E-state index contributed by atoms with van der Waals surface area (Å²) in [6, 6.07) is 9.65. The van der Waals surface area contributed by atoms with Crippen LogP contribution in [0, 0.1) is 0 Å². The fraction of sp³-hybridized carbons (Fsp3) is 0.125. The number of benzene rings is 2. The van der Waals surface area contributed by atoms with Crippen LogP contribution in [0.15, 0.2) is 47.6 Å². The molecule has 0 aromatic heterocycles. The van der Waals surface area contributed by atoms with Gasteiger partial charge in [-0.2, -0.15) is 18.3 Å². The molecular formula is C16H15ClF3N5O2. The van der Waals surface area contributed by atoms with Gasteiger partial charge in [-0.3, -0.25) is 10.3 Å². The molecule has 1 amide bonds. The van der Waals surface area contributed by atoms with Gasteiger partial charge in [0.15, 0.2) is 0 Å². The van der Waals surface area contributed by atoms with E-state index in [0.717, 1.165) is 17.1 Å². The lowest BCUT2D eigenvalue weighted by Crippen LogP contribution is -2.29. The lowest BCUT2D eigenvalue weighted by Gasteiger charge is -2.14. The molecule has 0 atom stereocenters. The van der Waals surface area contributed by atoms with E-state index in [4.69, 9.17) is 28.0 Å². The molecule has 0 bridgehead atoms. The van der Waals surface area contributed by atoms with Gasteiger partial charge in [0.2, 0.25) is 0 Å². The molecule has 0 unspecified atom stereocenters. The van der Waals surface area contributed by atoms with Gasteiger partial charge in [-0.25, -0.2) is 10.6 Å². The molecule has 2 rings (SSSR count). The van der Waals surface area contributed by atoms with Crippen LogP contribution in [0.3, 0.4) is 0 Å². The Hall–Kier alpha value is -2.98. The molecular weight excluding hydrogens is 387 g/mol. The molecule has 0 fully saturated rings. The number of nitrogens with zero attached hydrogens (tertiary/aromatic N) is 2. The molecule has 7 nitrogen and oxygen atoms in total. The first-order valence-corrected chi connectivity index (χ1v) is 7.75. The van der Waals surface area contributed by atoms with Crippen LogP contribution in [0.2, 0.25) is 5.02 Å². The number of halogens is 4. The average molecular weight is 402 g/mol. The van der Waals surface area contributed by atoms with E-state index in [9.17, 15) is 18.0 Å². The van der Waals surface area contributed by atoms with E-state index in [-0.39, 0.29) is 12.3 Å². The highest BCUT2D eigenvalue weighted by atomic mass is 35.5. The lowest BCUT2D eigenvalue weighted by molar-refractivity contribution is -0.137. The number of hydrogen-bond acceptors (Lipinski definition) is 5. The van der Waals surface area contributed by atoms with Gasteiger partial charge in [-0.15, -0.1) is 0 Å². The highest BCUT2D eigenvalue weighted by Crippen LogP contribution is 2.36. The van der Waals surface area contributed by atoms with E-state index < -0.39 is 22.9 Å². The largest absolute Gasteiger partial charge is 0.444 e. The van der Waals surface area contributed by atoms with Crippen molar-refractivity contribution < 1.29 is 22.7 Å². The number of nitrogens with one attached hydrogen (secondary N) is 1. The summed E-state index contributed by atoms with van der Waals surface area (Å²) in [5.74, 6) is 10.7. The smallest absolute Gasteiger partial charge is 0.417 e. The molecule has 5 N–H and O–H groups in total. The average Bonchev–Trinajstić information content (AvgIpc) is 2.61. The lowest BCUT2D eigenvalue weighted by atomic mass is 10.2. The third-order valence-electron chi connectivity index (χ3n) is 3.29. The van der Waals surface area contributed by atoms with E-state index in [1.54, 1.807) is 24.3 Å². The Morgan fingerprint density at radius 2 is 2.04 bits per heavy atom. The third-order valence-corrected chi connectivity index (χ3v) is 3.62. The number of alkyl halides is 3. The molecule has 0 aliphatic carbocycles. The highest BCUT2D eigenvalue weighted by Gasteiger charge is 2.33. The summed E-state index contributed by atoms with van der Waals surface area (Å²) in [5.41, 5.74) is -0.0223. The van der Waals surface area contributed by atoms with E-state index in [2.05, 4.69) is 10.4 Å². The zero-order valence-corrected chi connectivity index (χ0v) is 14.5. The van der Waals surface area contributed by atoms with Crippen LogP contribution in [0.5, 0.6) is 0 Å². The summed E-state index contributed by atoms with van der Waals surface area (Å²) >= 11 is 5.53. The maximum absolute atomic E-state index is 12.8. The number of rotatable bonds is 5. The molecule has 0 spiro atoms. The minimum absolute atomic E-state index is 0.0993. The number of ether oxygens (including phenoxy) is 1. The second kappa shape index (κ2) is 8.60. The number of nitrogens with two attached hydrogens (primary N) is 2. The summed E-state index contributed by atoms with van der Waals surface area (Å²) in [5, 5.41) is 6.20. The van der Waals surface area contributed by atoms with Crippen molar-refractivity contribution in [1.82, 2.24) is 0 Å². The Morgan fingerprint density at radius 1 is 1.30 bits per heavy atom. The van der Waals surface area contributed by atoms with Crippen molar-refractivity contribution in [3.8, 4) is 0 Å². The Kier molecular flexibility index (Phi) is 6.48. The first kappa shape index (κ1) is 20.3. The number of hydrogen-bond donors (Lipinski definition) is 3. The predicted octanol–water partition coefficient (Wildman–Crippen LogP) is 3.69. The molecule has 0 heterocycles. The first-order chi connectivity index (χ1) is 12.7. The van der Waals surface area contributed by atoms with Crippen molar-refractivity contribution >= 4 is 35.4 Å². The molecule has 0 saturated heterocycles. The third kappa shape index (κ3) is 5.76. The van der Waals surface area contributed by atoms with E-state index >= 15 is 0 Å². The monoisotopic (exact) mass is 401 g/mol. The molecule has 27 heavy (non-hydrogen) atoms. The molecule has 144 valence electrons. The number of anilines is 2. The summed E-state index contributed by atoms with van der Waals surface area (Å²) in [4.78, 5) is 11.8. The maximum atomic E-state index is 12.8. The van der Waals surface area contributed by atoms with E-state index in [1.165, 1.54) is 12.4 Å². The van der Waals surface area contributed by atoms with Crippen molar-refractivity contribution in [2.75, 3.05) is 10.3 Å². The second-order valence-corrected chi connectivity index (χ2v) is 5.64. The Bertz CT molecular complexity index is 845. The summed E-state index contributed by atoms with van der Waals surface area (Å²) < 4.78 is 43.5. The zero-order valence-electron chi connectivity index (χ0n) is 13.7. The van der Waals surface area contributed by atoms with Gasteiger partial charge < -0.3 is 10.6 Å². The molecule has 0 aliphatic rings. The van der Waals surface area contributed by atoms with Crippen LogP contribution < -0.4 is 22.0 Å². The SMILES string of the molecule is N/N=C\N(N)c1cccc(COC(=O)Nc2ccc(Cl)c(C(F)(F)F)c2)c1. The van der Waals surface area contributed by atoms with Crippen LogP contribution in [-0.4, -0.2) is 12.4 Å². The number of hydrazine groups is 1. The van der Waals surface area contributed by atoms with Gasteiger partial charge in [0.25, 0.3) is 0 Å². The fourth-order valence-electron chi connectivity index (χ4n) is 2.07. The quantitative estimate of drug-likeness (QED) is 0.306. The van der Waals surface area contributed by atoms with E-state index in [1.807, 2.05) is 0 Å². The van der Waals surface area contributed by atoms with Crippen molar-refractivity contribution in [2.24, 2.45) is 16.8 Å². The number of carbonyl (C=O) groups is 1. The Balaban J connectivity index is 2.00. The molecule has 0 aliphatic heterocycles. The second-order valence-electron chi connectivity index (χ2n) is 5.24. The topological polar surface area (TPSA) is 106 Å². The Labute approximate surface area is 157 Å². The fourth-order valence-corrected chi connectivity index (χ4v) is 2.29. The minimum atomic E-state index is -4.64. The Morgan fingerprint density at radius 3 is 2.70 bits per heavy atom. The molecule has 11 heteroatoms. The predicted molar refractivity (Wildman–Crippen MR) is 96.0 cm³/mol. The van der Waals surface area contributed by atoms with Crippen molar-refractivity contribution in [3.05, 3.63) is 58.6 Å². The van der Waals surface area contributed by atoms with Gasteiger partial charge in [-0.1, -0.05) is 23.7 Å². The number of amides is 1. The first-order valence-electron chi connectivity index (χ1n) is 7.37. The van der Waals surface area contributed by atoms with Crippen molar-refractivity contribution in [2.45, 2.75) is 12.8 Å². The van der Waals surface area contributed by atoms with Gasteiger partial charge >= 0.3 is 12.3 Å². The normalized spacial score (nSPS) is 11.4. The van der Waals surface area contributed by atoms with Crippen molar-refractivity contribution in [1.29, 1.82) is 0 Å². The van der Waals surface area contributed by atoms with Crippen LogP contribution in [0.25, 0.3) is 0 Å². The number of hydrazone groups is 1. The van der Waals surface area contributed by atoms with Crippen LogP contribution in [-0.2, 0) is 17.5 Å². The minimum Gasteiger partial charge on any atom is -0.444 e. The van der Waals surface area contributed by atoms with Crippen molar-refractivity contribution in [3.63, 3.8) is 0 Å². The standard InChI is InChI=1S/C16H15ClF3N5O2/c17-14-5-4-11(7-13(14)16(18,19)20)24-15(26)27-8-10-2-1-3-12(6-10)25(22)9-23-21/h1-7,9H,8,21-22H2,(H,24,26)/b23-9-. The number of carbonyl (C=O) groups excluding carboxylic acids is 1. The maximum Gasteiger partial charge on any atom is 0.417 e.